The summed E-state index contributed by atoms with van der Waals surface area (Å²) < 4.78 is 39.7. The van der Waals surface area contributed by atoms with Crippen LogP contribution in [0.4, 0.5) is 18.9 Å². The number of halogens is 3. The maximum atomic E-state index is 13.2. The lowest BCUT2D eigenvalue weighted by atomic mass is 9.97. The van der Waals surface area contributed by atoms with E-state index in [2.05, 4.69) is 5.43 Å². The second-order valence-corrected chi connectivity index (χ2v) is 4.08. The number of nitrogens with two attached hydrogens (primary N) is 2. The molecular weight excluding hydrogens is 255 g/mol. The van der Waals surface area contributed by atoms with Gasteiger partial charge in [-0.2, -0.15) is 0 Å². The second-order valence-electron chi connectivity index (χ2n) is 4.08. The summed E-state index contributed by atoms with van der Waals surface area (Å²) >= 11 is 0. The van der Waals surface area contributed by atoms with Gasteiger partial charge in [-0.25, -0.2) is 18.6 Å². The van der Waals surface area contributed by atoms with E-state index in [1.807, 2.05) is 0 Å². The molecule has 0 amide bonds. The highest BCUT2D eigenvalue weighted by Gasteiger charge is 2.17. The first-order valence-electron chi connectivity index (χ1n) is 5.48. The molecule has 0 fully saturated rings. The van der Waals surface area contributed by atoms with Gasteiger partial charge in [0.05, 0.1) is 6.04 Å². The van der Waals surface area contributed by atoms with Gasteiger partial charge in [0.2, 0.25) is 0 Å². The third-order valence-electron chi connectivity index (χ3n) is 2.74. The lowest BCUT2D eigenvalue weighted by Gasteiger charge is -2.19. The van der Waals surface area contributed by atoms with Crippen LogP contribution in [0.2, 0.25) is 0 Å². The Morgan fingerprint density at radius 2 is 1.53 bits per heavy atom. The summed E-state index contributed by atoms with van der Waals surface area (Å²) in [5, 5.41) is 0. The van der Waals surface area contributed by atoms with E-state index in [4.69, 9.17) is 11.6 Å². The Labute approximate surface area is 108 Å². The van der Waals surface area contributed by atoms with E-state index >= 15 is 0 Å². The van der Waals surface area contributed by atoms with E-state index in [-0.39, 0.29) is 11.3 Å². The first-order chi connectivity index (χ1) is 9.01. The van der Waals surface area contributed by atoms with Crippen molar-refractivity contribution in [3.63, 3.8) is 0 Å². The SMILES string of the molecule is NNC(c1cc(F)cc(F)c1)c1cc(F)ccc1N. The molecule has 0 spiro atoms. The summed E-state index contributed by atoms with van der Waals surface area (Å²) in [5.41, 5.74) is 8.91. The number of benzene rings is 2. The van der Waals surface area contributed by atoms with E-state index in [1.54, 1.807) is 0 Å². The number of rotatable bonds is 3. The Kier molecular flexibility index (Phi) is 3.73. The van der Waals surface area contributed by atoms with Crippen molar-refractivity contribution >= 4 is 5.69 Å². The number of nitrogen functional groups attached to an aromatic ring is 1. The van der Waals surface area contributed by atoms with Crippen molar-refractivity contribution in [1.29, 1.82) is 0 Å². The predicted octanol–water partition coefficient (Wildman–Crippen LogP) is 2.24. The summed E-state index contributed by atoms with van der Waals surface area (Å²) in [6, 6.07) is 5.88. The Morgan fingerprint density at radius 3 is 2.11 bits per heavy atom. The zero-order valence-corrected chi connectivity index (χ0v) is 9.83. The number of nitrogens with one attached hydrogen (secondary N) is 1. The fourth-order valence-corrected chi connectivity index (χ4v) is 1.90. The average molecular weight is 267 g/mol. The van der Waals surface area contributed by atoms with Crippen molar-refractivity contribution < 1.29 is 13.2 Å². The Hall–Kier alpha value is -2.05. The van der Waals surface area contributed by atoms with Crippen molar-refractivity contribution in [2.24, 2.45) is 5.84 Å². The quantitative estimate of drug-likeness (QED) is 0.454. The molecule has 1 unspecified atom stereocenters. The van der Waals surface area contributed by atoms with E-state index in [0.717, 1.165) is 18.2 Å². The molecule has 0 saturated heterocycles. The number of hydrogen-bond acceptors (Lipinski definition) is 3. The Morgan fingerprint density at radius 1 is 0.895 bits per heavy atom. The molecule has 2 aromatic carbocycles. The van der Waals surface area contributed by atoms with E-state index in [1.165, 1.54) is 18.2 Å². The van der Waals surface area contributed by atoms with Crippen LogP contribution in [-0.2, 0) is 0 Å². The maximum absolute atomic E-state index is 13.2. The van der Waals surface area contributed by atoms with Crippen molar-refractivity contribution in [2.45, 2.75) is 6.04 Å². The standard InChI is InChI=1S/C13H12F3N3/c14-8-1-2-12(17)11(6-8)13(19-18)7-3-9(15)5-10(16)4-7/h1-6,13,19H,17-18H2. The molecule has 0 aliphatic rings. The van der Waals surface area contributed by atoms with Gasteiger partial charge in [0.1, 0.15) is 17.5 Å². The minimum Gasteiger partial charge on any atom is -0.398 e. The van der Waals surface area contributed by atoms with Crippen LogP contribution in [0.25, 0.3) is 0 Å². The highest BCUT2D eigenvalue weighted by Crippen LogP contribution is 2.27. The molecule has 3 nitrogen and oxygen atoms in total. The molecule has 0 radical (unpaired) electrons. The van der Waals surface area contributed by atoms with Gasteiger partial charge < -0.3 is 5.73 Å². The fraction of sp³-hybridized carbons (Fsp3) is 0.0769. The number of hydrazine groups is 1. The molecule has 0 heterocycles. The summed E-state index contributed by atoms with van der Waals surface area (Å²) in [6.07, 6.45) is 0. The van der Waals surface area contributed by atoms with Gasteiger partial charge in [-0.3, -0.25) is 5.84 Å². The maximum Gasteiger partial charge on any atom is 0.126 e. The summed E-state index contributed by atoms with van der Waals surface area (Å²) in [5.74, 6) is 3.38. The summed E-state index contributed by atoms with van der Waals surface area (Å²) in [6.45, 7) is 0. The Balaban J connectivity index is 2.52. The predicted molar refractivity (Wildman–Crippen MR) is 66.3 cm³/mol. The summed E-state index contributed by atoms with van der Waals surface area (Å²) in [7, 11) is 0. The molecule has 0 bridgehead atoms. The highest BCUT2D eigenvalue weighted by atomic mass is 19.1. The van der Waals surface area contributed by atoms with Gasteiger partial charge in [-0.1, -0.05) is 0 Å². The normalized spacial score (nSPS) is 12.4. The second kappa shape index (κ2) is 5.29. The molecule has 5 N–H and O–H groups in total. The molecule has 1 atom stereocenters. The van der Waals surface area contributed by atoms with E-state index in [0.29, 0.717) is 5.56 Å². The molecular formula is C13H12F3N3. The van der Waals surface area contributed by atoms with Crippen LogP contribution < -0.4 is 17.0 Å². The van der Waals surface area contributed by atoms with Crippen LogP contribution in [0.3, 0.4) is 0 Å². The fourth-order valence-electron chi connectivity index (χ4n) is 1.90. The molecule has 0 aliphatic heterocycles. The summed E-state index contributed by atoms with van der Waals surface area (Å²) in [4.78, 5) is 0. The van der Waals surface area contributed by atoms with Crippen molar-refractivity contribution in [1.82, 2.24) is 5.43 Å². The Bertz CT molecular complexity index is 581. The molecule has 0 saturated carbocycles. The van der Waals surface area contributed by atoms with Crippen molar-refractivity contribution in [2.75, 3.05) is 5.73 Å². The molecule has 2 rings (SSSR count). The molecule has 19 heavy (non-hydrogen) atoms. The topological polar surface area (TPSA) is 64.1 Å². The lowest BCUT2D eigenvalue weighted by molar-refractivity contribution is 0.564. The third kappa shape index (κ3) is 2.86. The minimum atomic E-state index is -0.805. The highest BCUT2D eigenvalue weighted by molar-refractivity contribution is 5.51. The molecule has 2 aromatic rings. The van der Waals surface area contributed by atoms with Crippen molar-refractivity contribution in [3.8, 4) is 0 Å². The zero-order valence-electron chi connectivity index (χ0n) is 9.83. The first kappa shape index (κ1) is 13.4. The van der Waals surface area contributed by atoms with Crippen LogP contribution in [0.15, 0.2) is 36.4 Å². The minimum absolute atomic E-state index is 0.220. The lowest BCUT2D eigenvalue weighted by Crippen LogP contribution is -2.29. The molecule has 0 aromatic heterocycles. The van der Waals surface area contributed by atoms with Gasteiger partial charge in [-0.15, -0.1) is 0 Å². The van der Waals surface area contributed by atoms with Crippen LogP contribution in [-0.4, -0.2) is 0 Å². The van der Waals surface area contributed by atoms with Gasteiger partial charge in [0.25, 0.3) is 0 Å². The van der Waals surface area contributed by atoms with E-state index in [9.17, 15) is 13.2 Å². The van der Waals surface area contributed by atoms with Crippen LogP contribution >= 0.6 is 0 Å². The van der Waals surface area contributed by atoms with Gasteiger partial charge in [0.15, 0.2) is 0 Å². The number of anilines is 1. The van der Waals surface area contributed by atoms with Crippen molar-refractivity contribution in [3.05, 3.63) is 65.0 Å². The van der Waals surface area contributed by atoms with Gasteiger partial charge in [-0.05, 0) is 35.9 Å². The average Bonchev–Trinajstić information content (AvgIpc) is 2.33. The monoisotopic (exact) mass is 267 g/mol. The first-order valence-corrected chi connectivity index (χ1v) is 5.48. The smallest absolute Gasteiger partial charge is 0.126 e. The third-order valence-corrected chi connectivity index (χ3v) is 2.74. The largest absolute Gasteiger partial charge is 0.398 e. The van der Waals surface area contributed by atoms with Crippen LogP contribution in [0.5, 0.6) is 0 Å². The molecule has 6 heteroatoms. The zero-order chi connectivity index (χ0) is 14.0. The van der Waals surface area contributed by atoms with Gasteiger partial charge in [0, 0.05) is 17.3 Å². The van der Waals surface area contributed by atoms with E-state index < -0.39 is 23.5 Å². The van der Waals surface area contributed by atoms with Crippen LogP contribution in [0.1, 0.15) is 17.2 Å². The number of hydrogen-bond donors (Lipinski definition) is 3. The van der Waals surface area contributed by atoms with Gasteiger partial charge >= 0.3 is 0 Å². The molecule has 0 aliphatic carbocycles. The van der Waals surface area contributed by atoms with Crippen LogP contribution in [0, 0.1) is 17.5 Å². The molecule has 100 valence electrons.